The van der Waals surface area contributed by atoms with E-state index in [0.717, 1.165) is 6.07 Å². The van der Waals surface area contributed by atoms with Gasteiger partial charge in [-0.1, -0.05) is 17.7 Å². The number of halogens is 2. The maximum absolute atomic E-state index is 15.1. The van der Waals surface area contributed by atoms with Crippen molar-refractivity contribution in [3.8, 4) is 22.9 Å². The molecule has 2 heterocycles. The Balaban J connectivity index is 1.43. The number of aliphatic hydroxyl groups is 1. The highest BCUT2D eigenvalue weighted by Gasteiger charge is 2.25. The molecule has 0 radical (unpaired) electrons. The van der Waals surface area contributed by atoms with Crippen LogP contribution in [-0.4, -0.2) is 38.6 Å². The molecule has 1 unspecified atom stereocenters. The molecule has 0 aliphatic heterocycles. The summed E-state index contributed by atoms with van der Waals surface area (Å²) in [4.78, 5) is 31.1. The van der Waals surface area contributed by atoms with Crippen LogP contribution in [0, 0.1) is 12.7 Å². The molecule has 0 aliphatic rings. The highest BCUT2D eigenvalue weighted by Crippen LogP contribution is 2.33. The van der Waals surface area contributed by atoms with Gasteiger partial charge in [0.25, 0.3) is 11.5 Å². The number of methoxy groups -OCH3 is 1. The number of aliphatic hydroxyl groups excluding tert-OH is 1. The Hall–Kier alpha value is -4.67. The second-order valence-electron chi connectivity index (χ2n) is 9.38. The third kappa shape index (κ3) is 5.65. The molecule has 0 fully saturated rings. The molecule has 0 spiro atoms. The molecule has 41 heavy (non-hydrogen) atoms. The predicted octanol–water partition coefficient (Wildman–Crippen LogP) is 5.72. The van der Waals surface area contributed by atoms with Gasteiger partial charge in [0.15, 0.2) is 11.6 Å². The first-order valence-corrected chi connectivity index (χ1v) is 13.0. The second kappa shape index (κ2) is 11.4. The zero-order valence-electron chi connectivity index (χ0n) is 22.4. The van der Waals surface area contributed by atoms with Crippen LogP contribution in [0.5, 0.6) is 17.2 Å². The van der Waals surface area contributed by atoms with E-state index in [1.807, 2.05) is 0 Å². The van der Waals surface area contributed by atoms with Crippen LogP contribution < -0.4 is 20.3 Å². The number of hydrogen-bond acceptors (Lipinski definition) is 6. The zero-order valence-corrected chi connectivity index (χ0v) is 23.1. The van der Waals surface area contributed by atoms with E-state index in [2.05, 4.69) is 10.3 Å². The summed E-state index contributed by atoms with van der Waals surface area (Å²) in [6.07, 6.45) is 0.745. The summed E-state index contributed by atoms with van der Waals surface area (Å²) in [5, 5.41) is 13.7. The van der Waals surface area contributed by atoms with Gasteiger partial charge in [-0.2, -0.15) is 0 Å². The number of ether oxygens (including phenoxy) is 2. The van der Waals surface area contributed by atoms with Crippen molar-refractivity contribution in [1.82, 2.24) is 14.3 Å². The van der Waals surface area contributed by atoms with Crippen LogP contribution in [0.4, 0.5) is 10.1 Å². The lowest BCUT2D eigenvalue weighted by Crippen LogP contribution is -2.27. The summed E-state index contributed by atoms with van der Waals surface area (Å²) in [5.41, 5.74) is 0.748. The molecule has 2 N–H and O–H groups in total. The highest BCUT2D eigenvalue weighted by molar-refractivity contribution is 6.30. The van der Waals surface area contributed by atoms with Gasteiger partial charge < -0.3 is 19.9 Å². The average molecular weight is 577 g/mol. The SMILES string of the molecule is COc1ccc2c(Oc3ccc(NC(=O)c4c(C)n(CC(C)O)n(-c5cccc(Cl)c5)c4=O)cc3F)ccnc2c1. The number of aromatic nitrogens is 3. The predicted molar refractivity (Wildman–Crippen MR) is 154 cm³/mol. The molecule has 0 saturated heterocycles. The summed E-state index contributed by atoms with van der Waals surface area (Å²) < 4.78 is 29.0. The Labute approximate surface area is 239 Å². The van der Waals surface area contributed by atoms with Crippen molar-refractivity contribution in [2.45, 2.75) is 26.5 Å². The van der Waals surface area contributed by atoms with Gasteiger partial charge in [-0.3, -0.25) is 19.3 Å². The fourth-order valence-electron chi connectivity index (χ4n) is 4.54. The van der Waals surface area contributed by atoms with Gasteiger partial charge in [0.1, 0.15) is 17.1 Å². The average Bonchev–Trinajstić information content (AvgIpc) is 3.18. The third-order valence-corrected chi connectivity index (χ3v) is 6.67. The van der Waals surface area contributed by atoms with Gasteiger partial charge in [0.05, 0.1) is 36.7 Å². The minimum Gasteiger partial charge on any atom is -0.497 e. The summed E-state index contributed by atoms with van der Waals surface area (Å²) in [7, 11) is 1.55. The molecule has 2 aromatic heterocycles. The topological polar surface area (TPSA) is 108 Å². The molecule has 1 amide bonds. The Morgan fingerprint density at radius 2 is 1.93 bits per heavy atom. The molecule has 1 atom stereocenters. The lowest BCUT2D eigenvalue weighted by molar-refractivity contribution is 0.102. The minimum atomic E-state index is -0.803. The molecule has 3 aromatic carbocycles. The zero-order chi connectivity index (χ0) is 29.3. The quantitative estimate of drug-likeness (QED) is 0.245. The van der Waals surface area contributed by atoms with Crippen LogP contribution >= 0.6 is 11.6 Å². The van der Waals surface area contributed by atoms with Crippen LogP contribution in [0.2, 0.25) is 5.02 Å². The highest BCUT2D eigenvalue weighted by atomic mass is 35.5. The number of hydrogen-bond donors (Lipinski definition) is 2. The lowest BCUT2D eigenvalue weighted by atomic mass is 10.2. The van der Waals surface area contributed by atoms with E-state index < -0.39 is 23.4 Å². The number of amides is 1. The van der Waals surface area contributed by atoms with Crippen LogP contribution in [0.1, 0.15) is 23.0 Å². The molecule has 0 bridgehead atoms. The van der Waals surface area contributed by atoms with Crippen LogP contribution in [-0.2, 0) is 6.54 Å². The van der Waals surface area contributed by atoms with Gasteiger partial charge in [0.2, 0.25) is 0 Å². The van der Waals surface area contributed by atoms with E-state index in [1.165, 1.54) is 21.5 Å². The van der Waals surface area contributed by atoms with Gasteiger partial charge >= 0.3 is 0 Å². The van der Waals surface area contributed by atoms with E-state index >= 15 is 4.39 Å². The first-order valence-electron chi connectivity index (χ1n) is 12.6. The van der Waals surface area contributed by atoms with E-state index in [1.54, 1.807) is 75.7 Å². The van der Waals surface area contributed by atoms with Crippen molar-refractivity contribution in [2.75, 3.05) is 12.4 Å². The fourth-order valence-corrected chi connectivity index (χ4v) is 4.72. The smallest absolute Gasteiger partial charge is 0.284 e. The molecule has 9 nitrogen and oxygen atoms in total. The molecule has 5 rings (SSSR count). The van der Waals surface area contributed by atoms with Gasteiger partial charge in [-0.05, 0) is 62.4 Å². The largest absolute Gasteiger partial charge is 0.497 e. The maximum atomic E-state index is 15.1. The van der Waals surface area contributed by atoms with Crippen molar-refractivity contribution in [3.05, 3.63) is 105 Å². The number of fused-ring (bicyclic) bond motifs is 1. The second-order valence-corrected chi connectivity index (χ2v) is 9.82. The number of rotatable bonds is 8. The Morgan fingerprint density at radius 3 is 2.63 bits per heavy atom. The summed E-state index contributed by atoms with van der Waals surface area (Å²) >= 11 is 6.13. The van der Waals surface area contributed by atoms with E-state index in [4.69, 9.17) is 21.1 Å². The van der Waals surface area contributed by atoms with E-state index in [9.17, 15) is 14.7 Å². The third-order valence-electron chi connectivity index (χ3n) is 6.43. The Kier molecular flexibility index (Phi) is 7.78. The lowest BCUT2D eigenvalue weighted by Gasteiger charge is -2.15. The van der Waals surface area contributed by atoms with Crippen molar-refractivity contribution in [1.29, 1.82) is 0 Å². The van der Waals surface area contributed by atoms with Crippen molar-refractivity contribution < 1.29 is 23.8 Å². The standard InChI is InChI=1S/C30H26ClFN4O5/c1-17(37)16-35-18(2)28(30(39)36(35)21-6-4-5-19(31)13-21)29(38)34-20-7-10-27(24(32)14-20)41-26-11-12-33-25-15-22(40-3)8-9-23(25)26/h4-15,17,37H,16H2,1-3H3,(H,34,38). The van der Waals surface area contributed by atoms with Crippen molar-refractivity contribution in [3.63, 3.8) is 0 Å². The number of benzene rings is 3. The van der Waals surface area contributed by atoms with Crippen LogP contribution in [0.25, 0.3) is 16.6 Å². The van der Waals surface area contributed by atoms with Crippen LogP contribution in [0.3, 0.4) is 0 Å². The van der Waals surface area contributed by atoms with Crippen molar-refractivity contribution in [2.24, 2.45) is 0 Å². The molecule has 0 saturated carbocycles. The molecule has 11 heteroatoms. The molecule has 210 valence electrons. The first-order chi connectivity index (χ1) is 19.7. The number of pyridine rings is 1. The summed E-state index contributed by atoms with van der Waals surface area (Å²) in [6.45, 7) is 3.23. The minimum absolute atomic E-state index is 0.0536. The van der Waals surface area contributed by atoms with Gasteiger partial charge in [-0.25, -0.2) is 9.07 Å². The molecular formula is C30H26ClFN4O5. The molecule has 0 aliphatic carbocycles. The fraction of sp³-hybridized carbons (Fsp3) is 0.167. The number of anilines is 1. The number of nitrogens with zero attached hydrogens (tertiary/aromatic N) is 3. The van der Waals surface area contributed by atoms with Gasteiger partial charge in [-0.15, -0.1) is 0 Å². The van der Waals surface area contributed by atoms with E-state index in [0.29, 0.717) is 38.8 Å². The monoisotopic (exact) mass is 576 g/mol. The molecule has 5 aromatic rings. The normalized spacial score (nSPS) is 11.9. The van der Waals surface area contributed by atoms with Gasteiger partial charge in [0, 0.05) is 34.4 Å². The maximum Gasteiger partial charge on any atom is 0.284 e. The molecular weight excluding hydrogens is 551 g/mol. The first kappa shape index (κ1) is 27.9. The summed E-state index contributed by atoms with van der Waals surface area (Å²) in [5.74, 6) is -0.487. The summed E-state index contributed by atoms with van der Waals surface area (Å²) in [6, 6.07) is 17.4. The number of carbonyl (C=O) groups excluding carboxylic acids is 1. The van der Waals surface area contributed by atoms with Crippen LogP contribution in [0.15, 0.2) is 77.7 Å². The number of carbonyl (C=O) groups is 1. The van der Waals surface area contributed by atoms with Crippen molar-refractivity contribution >= 4 is 34.1 Å². The Bertz CT molecular complexity index is 1830. The van der Waals surface area contributed by atoms with E-state index in [-0.39, 0.29) is 23.5 Å². The number of nitrogens with one attached hydrogen (secondary N) is 1. The Morgan fingerprint density at radius 1 is 1.12 bits per heavy atom.